The fraction of sp³-hybridized carbons (Fsp3) is 0.381. The lowest BCUT2D eigenvalue weighted by Crippen LogP contribution is -2.09. The third-order valence-corrected chi connectivity index (χ3v) is 4.78. The summed E-state index contributed by atoms with van der Waals surface area (Å²) in [6.07, 6.45) is 3.99. The van der Waals surface area contributed by atoms with Crippen LogP contribution < -0.4 is 0 Å². The second kappa shape index (κ2) is 6.56. The number of hydrogen-bond donors (Lipinski definition) is 0. The normalized spacial score (nSPS) is 14.2. The van der Waals surface area contributed by atoms with Crippen molar-refractivity contribution >= 4 is 17.0 Å². The van der Waals surface area contributed by atoms with Crippen molar-refractivity contribution in [3.63, 3.8) is 0 Å². The number of benzene rings is 1. The fourth-order valence-electron chi connectivity index (χ4n) is 3.08. The summed E-state index contributed by atoms with van der Waals surface area (Å²) in [6, 6.07) is 10.1. The van der Waals surface area contributed by atoms with Crippen LogP contribution in [-0.2, 0) is 11.3 Å². The molecule has 0 unspecified atom stereocenters. The Hall–Kier alpha value is -2.69. The topological polar surface area (TPSA) is 57.0 Å². The first kappa shape index (κ1) is 16.8. The van der Waals surface area contributed by atoms with Crippen LogP contribution in [0.5, 0.6) is 0 Å². The number of rotatable bonds is 5. The molecule has 3 aromatic rings. The van der Waals surface area contributed by atoms with E-state index in [0.717, 1.165) is 35.1 Å². The van der Waals surface area contributed by atoms with Gasteiger partial charge in [-0.1, -0.05) is 29.8 Å². The van der Waals surface area contributed by atoms with E-state index < -0.39 is 0 Å². The van der Waals surface area contributed by atoms with E-state index in [1.807, 2.05) is 41.9 Å². The maximum Gasteiger partial charge on any atom is 0.339 e. The number of esters is 1. The van der Waals surface area contributed by atoms with Crippen molar-refractivity contribution in [3.05, 3.63) is 58.9 Å². The van der Waals surface area contributed by atoms with E-state index >= 15 is 0 Å². The zero-order valence-electron chi connectivity index (χ0n) is 15.4. The highest BCUT2D eigenvalue weighted by molar-refractivity contribution is 6.02. The third kappa shape index (κ3) is 3.21. The summed E-state index contributed by atoms with van der Waals surface area (Å²) < 4.78 is 7.46. The molecule has 1 saturated carbocycles. The Bertz CT molecular complexity index is 953. The molecule has 1 aliphatic rings. The summed E-state index contributed by atoms with van der Waals surface area (Å²) in [5.41, 5.74) is 4.48. The Balaban J connectivity index is 1.65. The zero-order chi connectivity index (χ0) is 18.3. The van der Waals surface area contributed by atoms with Gasteiger partial charge in [-0.15, -0.1) is 0 Å². The van der Waals surface area contributed by atoms with Gasteiger partial charge in [0.15, 0.2) is 5.65 Å². The summed E-state index contributed by atoms with van der Waals surface area (Å²) in [7, 11) is 0. The van der Waals surface area contributed by atoms with Crippen molar-refractivity contribution in [1.29, 1.82) is 0 Å². The van der Waals surface area contributed by atoms with Crippen LogP contribution in [-0.4, -0.2) is 20.7 Å². The van der Waals surface area contributed by atoms with Gasteiger partial charge in [-0.3, -0.25) is 0 Å². The van der Waals surface area contributed by atoms with Crippen molar-refractivity contribution in [1.82, 2.24) is 14.8 Å². The maximum atomic E-state index is 12.8. The molecule has 0 spiro atoms. The number of nitrogens with zero attached hydrogens (tertiary/aromatic N) is 3. The number of carbonyl (C=O) groups is 1. The molecule has 2 aromatic heterocycles. The second-order valence-corrected chi connectivity index (χ2v) is 7.35. The molecule has 1 fully saturated rings. The highest BCUT2D eigenvalue weighted by Crippen LogP contribution is 2.40. The standard InChI is InChI=1S/C21H23N3O2/c1-13(2)24-20-18(11-22-24)17(10-19(23-20)16-8-9-16)21(25)26-12-15-6-4-14(3)5-7-15/h4-7,10-11,13,16H,8-9,12H2,1-3H3. The molecule has 0 bridgehead atoms. The van der Waals surface area contributed by atoms with Gasteiger partial charge in [0, 0.05) is 17.7 Å². The van der Waals surface area contributed by atoms with Crippen LogP contribution in [0.4, 0.5) is 0 Å². The van der Waals surface area contributed by atoms with Crippen LogP contribution in [0.2, 0.25) is 0 Å². The van der Waals surface area contributed by atoms with Crippen molar-refractivity contribution in [2.45, 2.75) is 52.2 Å². The first-order valence-corrected chi connectivity index (χ1v) is 9.13. The number of pyridine rings is 1. The molecule has 5 nitrogen and oxygen atoms in total. The van der Waals surface area contributed by atoms with E-state index in [1.165, 1.54) is 5.56 Å². The predicted molar refractivity (Wildman–Crippen MR) is 100 cm³/mol. The van der Waals surface area contributed by atoms with Gasteiger partial charge in [0.1, 0.15) is 6.61 Å². The van der Waals surface area contributed by atoms with E-state index in [0.29, 0.717) is 11.5 Å². The van der Waals surface area contributed by atoms with E-state index in [2.05, 4.69) is 18.9 Å². The summed E-state index contributed by atoms with van der Waals surface area (Å²) >= 11 is 0. The third-order valence-electron chi connectivity index (χ3n) is 4.78. The second-order valence-electron chi connectivity index (χ2n) is 7.35. The van der Waals surface area contributed by atoms with Gasteiger partial charge < -0.3 is 4.74 Å². The van der Waals surface area contributed by atoms with E-state index in [4.69, 9.17) is 9.72 Å². The Morgan fingerprint density at radius 1 is 1.27 bits per heavy atom. The molecular weight excluding hydrogens is 326 g/mol. The van der Waals surface area contributed by atoms with Gasteiger partial charge in [-0.25, -0.2) is 14.5 Å². The van der Waals surface area contributed by atoms with Crippen LogP contribution in [0.25, 0.3) is 11.0 Å². The average Bonchev–Trinajstić information content (AvgIpc) is 3.39. The van der Waals surface area contributed by atoms with Crippen LogP contribution in [0.3, 0.4) is 0 Å². The number of aromatic nitrogens is 3. The van der Waals surface area contributed by atoms with Gasteiger partial charge in [-0.05, 0) is 45.2 Å². The Labute approximate surface area is 153 Å². The average molecular weight is 349 g/mol. The zero-order valence-corrected chi connectivity index (χ0v) is 15.4. The molecule has 0 N–H and O–H groups in total. The molecule has 0 radical (unpaired) electrons. The summed E-state index contributed by atoms with van der Waals surface area (Å²) in [4.78, 5) is 17.6. The minimum Gasteiger partial charge on any atom is -0.457 e. The molecule has 1 aliphatic carbocycles. The number of hydrogen-bond acceptors (Lipinski definition) is 4. The summed E-state index contributed by atoms with van der Waals surface area (Å²) in [5, 5.41) is 5.19. The molecule has 26 heavy (non-hydrogen) atoms. The quantitative estimate of drug-likeness (QED) is 0.634. The van der Waals surface area contributed by atoms with Gasteiger partial charge in [0.25, 0.3) is 0 Å². The van der Waals surface area contributed by atoms with Crippen molar-refractivity contribution < 1.29 is 9.53 Å². The van der Waals surface area contributed by atoms with Crippen molar-refractivity contribution in [3.8, 4) is 0 Å². The first-order chi connectivity index (χ1) is 12.5. The fourth-order valence-corrected chi connectivity index (χ4v) is 3.08. The van der Waals surface area contributed by atoms with Crippen LogP contribution in [0.15, 0.2) is 36.5 Å². The van der Waals surface area contributed by atoms with Crippen LogP contribution in [0.1, 0.15) is 65.8 Å². The van der Waals surface area contributed by atoms with Gasteiger partial charge in [0.05, 0.1) is 17.1 Å². The number of aryl methyl sites for hydroxylation is 1. The molecule has 0 saturated heterocycles. The minimum absolute atomic E-state index is 0.186. The molecule has 0 amide bonds. The molecule has 4 rings (SSSR count). The summed E-state index contributed by atoms with van der Waals surface area (Å²) in [5.74, 6) is 0.141. The largest absolute Gasteiger partial charge is 0.457 e. The summed E-state index contributed by atoms with van der Waals surface area (Å²) in [6.45, 7) is 6.43. The Morgan fingerprint density at radius 3 is 2.65 bits per heavy atom. The number of fused-ring (bicyclic) bond motifs is 1. The van der Waals surface area contributed by atoms with E-state index in [9.17, 15) is 4.79 Å². The molecule has 0 atom stereocenters. The van der Waals surface area contributed by atoms with Gasteiger partial charge >= 0.3 is 5.97 Å². The lowest BCUT2D eigenvalue weighted by atomic mass is 10.1. The Morgan fingerprint density at radius 2 is 2.00 bits per heavy atom. The van der Waals surface area contributed by atoms with E-state index in [-0.39, 0.29) is 18.6 Å². The van der Waals surface area contributed by atoms with Crippen LogP contribution in [0, 0.1) is 6.92 Å². The maximum absolute atomic E-state index is 12.8. The number of ether oxygens (including phenoxy) is 1. The smallest absolute Gasteiger partial charge is 0.339 e. The molecule has 5 heteroatoms. The molecule has 0 aliphatic heterocycles. The first-order valence-electron chi connectivity index (χ1n) is 9.13. The van der Waals surface area contributed by atoms with Crippen molar-refractivity contribution in [2.24, 2.45) is 0 Å². The highest BCUT2D eigenvalue weighted by atomic mass is 16.5. The van der Waals surface area contributed by atoms with Crippen LogP contribution >= 0.6 is 0 Å². The minimum atomic E-state index is -0.316. The van der Waals surface area contributed by atoms with Gasteiger partial charge in [0.2, 0.25) is 0 Å². The lowest BCUT2D eigenvalue weighted by Gasteiger charge is -2.10. The lowest BCUT2D eigenvalue weighted by molar-refractivity contribution is 0.0475. The predicted octanol–water partition coefficient (Wildman–Crippen LogP) is 4.56. The van der Waals surface area contributed by atoms with Crippen molar-refractivity contribution in [2.75, 3.05) is 0 Å². The molecule has 2 heterocycles. The van der Waals surface area contributed by atoms with Gasteiger partial charge in [-0.2, -0.15) is 5.10 Å². The van der Waals surface area contributed by atoms with E-state index in [1.54, 1.807) is 6.20 Å². The Kier molecular flexibility index (Phi) is 4.23. The monoisotopic (exact) mass is 349 g/mol. The highest BCUT2D eigenvalue weighted by Gasteiger charge is 2.28. The molecule has 134 valence electrons. The molecular formula is C21H23N3O2. The SMILES string of the molecule is Cc1ccc(COC(=O)c2cc(C3CC3)nc3c2cnn3C(C)C)cc1. The molecule has 1 aromatic carbocycles. The number of carbonyl (C=O) groups excluding carboxylic acids is 1.